The Bertz CT molecular complexity index is 1490. The maximum absolute atomic E-state index is 13.6. The first-order chi connectivity index (χ1) is 18.3. The molecule has 0 aromatic heterocycles. The summed E-state index contributed by atoms with van der Waals surface area (Å²) in [5, 5.41) is 20.1. The molecule has 0 radical (unpaired) electrons. The summed E-state index contributed by atoms with van der Waals surface area (Å²) >= 11 is 1.26. The number of carbonyl (C=O) groups excluding carboxylic acids is 2. The zero-order valence-electron chi connectivity index (χ0n) is 21.9. The van der Waals surface area contributed by atoms with E-state index in [1.165, 1.54) is 11.8 Å². The lowest BCUT2D eigenvalue weighted by Crippen LogP contribution is -2.31. The van der Waals surface area contributed by atoms with E-state index in [4.69, 9.17) is 0 Å². The highest BCUT2D eigenvalue weighted by Crippen LogP contribution is 2.41. The van der Waals surface area contributed by atoms with Crippen LogP contribution in [0.15, 0.2) is 94.7 Å². The quantitative estimate of drug-likeness (QED) is 0.338. The molecule has 0 fully saturated rings. The first-order valence-electron chi connectivity index (χ1n) is 12.3. The molecule has 4 rings (SSSR count). The number of anilines is 2. The first kappa shape index (κ1) is 26.8. The van der Waals surface area contributed by atoms with Crippen molar-refractivity contribution in [3.8, 4) is 6.07 Å². The average Bonchev–Trinajstić information content (AvgIpc) is 2.90. The molecule has 1 heterocycles. The Balaban J connectivity index is 1.62. The van der Waals surface area contributed by atoms with E-state index in [0.29, 0.717) is 21.9 Å². The molecule has 1 unspecified atom stereocenters. The monoisotopic (exact) mass is 522 g/mol. The molecule has 1 atom stereocenters. The molecular formula is C31H30N4O2S. The Morgan fingerprint density at radius 2 is 1.58 bits per heavy atom. The largest absolute Gasteiger partial charge is 0.353 e. The van der Waals surface area contributed by atoms with Crippen molar-refractivity contribution in [3.63, 3.8) is 0 Å². The number of nitriles is 1. The molecule has 1 aliphatic rings. The number of carbonyl (C=O) groups is 2. The number of allylic oxidation sites excluding steroid dienone is 2. The van der Waals surface area contributed by atoms with E-state index in [2.05, 4.69) is 22.0 Å². The fourth-order valence-corrected chi connectivity index (χ4v) is 5.30. The van der Waals surface area contributed by atoms with E-state index in [9.17, 15) is 14.9 Å². The number of hydrogen-bond acceptors (Lipinski definition) is 5. The van der Waals surface area contributed by atoms with Gasteiger partial charge in [0, 0.05) is 22.6 Å². The number of dihydropyridines is 1. The maximum atomic E-state index is 13.6. The maximum Gasteiger partial charge on any atom is 0.254 e. The zero-order chi connectivity index (χ0) is 27.2. The summed E-state index contributed by atoms with van der Waals surface area (Å²) in [7, 11) is 0. The van der Waals surface area contributed by atoms with Crippen LogP contribution in [0.4, 0.5) is 11.4 Å². The number of para-hydroxylation sites is 1. The van der Waals surface area contributed by atoms with Crippen LogP contribution < -0.4 is 16.0 Å². The number of nitrogens with zero attached hydrogens (tertiary/aromatic N) is 1. The highest BCUT2D eigenvalue weighted by molar-refractivity contribution is 8.03. The molecule has 2 amide bonds. The van der Waals surface area contributed by atoms with Crippen molar-refractivity contribution in [2.45, 2.75) is 33.6 Å². The standard InChI is InChI=1S/C31H30N4O2S/c1-19-14-15-21(3)26(16-19)34-27(36)18-38-31-24(17-32)29(23-11-6-5-7-12-23)28(22(4)33-31)30(37)35-25-13-9-8-10-20(25)2/h5-16,29,33H,18H2,1-4H3,(H,34,36)(H,35,37). The van der Waals surface area contributed by atoms with Gasteiger partial charge in [0.15, 0.2) is 0 Å². The Hall–Kier alpha value is -4.28. The van der Waals surface area contributed by atoms with Crippen LogP contribution in [0.3, 0.4) is 0 Å². The lowest BCUT2D eigenvalue weighted by atomic mass is 9.82. The summed E-state index contributed by atoms with van der Waals surface area (Å²) in [4.78, 5) is 26.4. The van der Waals surface area contributed by atoms with Crippen molar-refractivity contribution in [2.75, 3.05) is 16.4 Å². The summed E-state index contributed by atoms with van der Waals surface area (Å²) in [6, 6.07) is 25.3. The second-order valence-electron chi connectivity index (χ2n) is 9.29. The molecular weight excluding hydrogens is 492 g/mol. The van der Waals surface area contributed by atoms with Gasteiger partial charge in [-0.25, -0.2) is 0 Å². The fourth-order valence-electron chi connectivity index (χ4n) is 4.40. The molecule has 0 saturated heterocycles. The number of hydrogen-bond donors (Lipinski definition) is 3. The van der Waals surface area contributed by atoms with Crippen LogP contribution in [0.2, 0.25) is 0 Å². The minimum absolute atomic E-state index is 0.112. The van der Waals surface area contributed by atoms with Crippen LogP contribution in [-0.2, 0) is 9.59 Å². The molecule has 0 spiro atoms. The molecule has 3 aromatic carbocycles. The molecule has 192 valence electrons. The number of nitrogens with one attached hydrogen (secondary N) is 3. The van der Waals surface area contributed by atoms with Crippen molar-refractivity contribution < 1.29 is 9.59 Å². The third kappa shape index (κ3) is 5.99. The highest BCUT2D eigenvalue weighted by Gasteiger charge is 2.35. The Labute approximate surface area is 227 Å². The van der Waals surface area contributed by atoms with Gasteiger partial charge >= 0.3 is 0 Å². The first-order valence-corrected chi connectivity index (χ1v) is 13.3. The van der Waals surface area contributed by atoms with Crippen LogP contribution in [0.1, 0.15) is 35.1 Å². The van der Waals surface area contributed by atoms with Crippen LogP contribution in [0, 0.1) is 32.1 Å². The molecule has 6 nitrogen and oxygen atoms in total. The van der Waals surface area contributed by atoms with Crippen molar-refractivity contribution >= 4 is 35.0 Å². The summed E-state index contributed by atoms with van der Waals surface area (Å²) in [6.07, 6.45) is 0. The summed E-state index contributed by atoms with van der Waals surface area (Å²) in [6.45, 7) is 7.69. The normalized spacial score (nSPS) is 15.0. The molecule has 38 heavy (non-hydrogen) atoms. The molecule has 3 aromatic rings. The van der Waals surface area contributed by atoms with Gasteiger partial charge in [0.05, 0.1) is 28.3 Å². The van der Waals surface area contributed by atoms with Crippen molar-refractivity contribution in [3.05, 3.63) is 117 Å². The molecule has 1 aliphatic heterocycles. The lowest BCUT2D eigenvalue weighted by molar-refractivity contribution is -0.114. The van der Waals surface area contributed by atoms with Gasteiger partial charge in [-0.1, -0.05) is 72.4 Å². The van der Waals surface area contributed by atoms with Crippen LogP contribution in [0.25, 0.3) is 0 Å². The van der Waals surface area contributed by atoms with Crippen molar-refractivity contribution in [1.29, 1.82) is 5.26 Å². The number of benzene rings is 3. The van der Waals surface area contributed by atoms with Crippen molar-refractivity contribution in [2.24, 2.45) is 0 Å². The van der Waals surface area contributed by atoms with Crippen LogP contribution in [0.5, 0.6) is 0 Å². The van der Waals surface area contributed by atoms with Gasteiger partial charge in [-0.2, -0.15) is 5.26 Å². The van der Waals surface area contributed by atoms with Gasteiger partial charge in [0.25, 0.3) is 5.91 Å². The van der Waals surface area contributed by atoms with Gasteiger partial charge in [-0.05, 0) is 62.1 Å². The van der Waals surface area contributed by atoms with E-state index in [1.807, 2.05) is 100 Å². The predicted octanol–water partition coefficient (Wildman–Crippen LogP) is 6.32. The number of aryl methyl sites for hydroxylation is 3. The van der Waals surface area contributed by atoms with E-state index >= 15 is 0 Å². The van der Waals surface area contributed by atoms with Gasteiger partial charge in [0.2, 0.25) is 5.91 Å². The number of amides is 2. The Morgan fingerprint density at radius 3 is 2.29 bits per heavy atom. The van der Waals surface area contributed by atoms with E-state index in [1.54, 1.807) is 0 Å². The van der Waals surface area contributed by atoms with E-state index < -0.39 is 5.92 Å². The second kappa shape index (κ2) is 11.8. The molecule has 3 N–H and O–H groups in total. The Morgan fingerprint density at radius 1 is 0.895 bits per heavy atom. The molecule has 0 bridgehead atoms. The summed E-state index contributed by atoms with van der Waals surface area (Å²) in [5.41, 5.74) is 6.83. The number of thioether (sulfide) groups is 1. The average molecular weight is 523 g/mol. The smallest absolute Gasteiger partial charge is 0.254 e. The van der Waals surface area contributed by atoms with E-state index in [-0.39, 0.29) is 17.6 Å². The zero-order valence-corrected chi connectivity index (χ0v) is 22.7. The van der Waals surface area contributed by atoms with Gasteiger partial charge in [0.1, 0.15) is 0 Å². The van der Waals surface area contributed by atoms with Crippen molar-refractivity contribution in [1.82, 2.24) is 5.32 Å². The van der Waals surface area contributed by atoms with Gasteiger partial charge in [-0.15, -0.1) is 0 Å². The van der Waals surface area contributed by atoms with E-state index in [0.717, 1.165) is 33.6 Å². The topological polar surface area (TPSA) is 94.0 Å². The predicted molar refractivity (Wildman–Crippen MR) is 154 cm³/mol. The van der Waals surface area contributed by atoms with Crippen LogP contribution >= 0.6 is 11.8 Å². The lowest BCUT2D eigenvalue weighted by Gasteiger charge is -2.30. The third-order valence-electron chi connectivity index (χ3n) is 6.43. The fraction of sp³-hybridized carbons (Fsp3) is 0.194. The molecule has 7 heteroatoms. The van der Waals surface area contributed by atoms with Gasteiger partial charge < -0.3 is 16.0 Å². The minimum atomic E-state index is -0.573. The summed E-state index contributed by atoms with van der Waals surface area (Å²) in [5.74, 6) is -0.907. The van der Waals surface area contributed by atoms with Gasteiger partial charge in [-0.3, -0.25) is 9.59 Å². The Kier molecular flexibility index (Phi) is 8.35. The minimum Gasteiger partial charge on any atom is -0.353 e. The number of rotatable bonds is 7. The second-order valence-corrected chi connectivity index (χ2v) is 10.3. The van der Waals surface area contributed by atoms with Crippen LogP contribution in [-0.4, -0.2) is 17.6 Å². The third-order valence-corrected chi connectivity index (χ3v) is 7.45. The molecule has 0 saturated carbocycles. The molecule has 0 aliphatic carbocycles. The summed E-state index contributed by atoms with van der Waals surface area (Å²) < 4.78 is 0. The highest BCUT2D eigenvalue weighted by atomic mass is 32.2. The SMILES string of the molecule is CC1=C(C(=O)Nc2ccccc2C)C(c2ccccc2)C(C#N)=C(SCC(=O)Nc2cc(C)ccc2C)N1.